The second kappa shape index (κ2) is 32.0. The number of fused-ring (bicyclic) bond motifs is 15. The van der Waals surface area contributed by atoms with Gasteiger partial charge in [-0.3, -0.25) is 34.4 Å². The Balaban J connectivity index is 0.000000116. The highest BCUT2D eigenvalue weighted by Gasteiger charge is 2.47. The zero-order valence-electron chi connectivity index (χ0n) is 64.9. The van der Waals surface area contributed by atoms with Crippen LogP contribution in [0, 0.1) is 0 Å². The molecule has 0 spiro atoms. The number of aromatic nitrogens is 18. The summed E-state index contributed by atoms with van der Waals surface area (Å²) in [5, 5.41) is 47.3. The molecule has 24 rings (SSSR count). The number of rotatable bonds is 26. The number of anilines is 3. The average Bonchev–Trinajstić information content (AvgIpc) is 1.76. The molecule has 9 aliphatic rings. The number of methoxy groups -OCH3 is 3. The number of nitrogens with zero attached hydrogens (tertiary/aromatic N) is 21. The number of aromatic amines is 3. The molecule has 32 heteroatoms. The van der Waals surface area contributed by atoms with Crippen LogP contribution < -0.4 is 43.1 Å². The first-order valence-corrected chi connectivity index (χ1v) is 39.6. The Morgan fingerprint density at radius 1 is 0.405 bits per heavy atom. The van der Waals surface area contributed by atoms with Crippen molar-refractivity contribution in [3.8, 4) is 68.3 Å². The van der Waals surface area contributed by atoms with Crippen LogP contribution in [0.2, 0.25) is 0 Å². The van der Waals surface area contributed by atoms with E-state index in [2.05, 4.69) is 158 Å². The van der Waals surface area contributed by atoms with Gasteiger partial charge in [-0.2, -0.15) is 15.3 Å². The third-order valence-corrected chi connectivity index (χ3v) is 23.3. The number of pyridine rings is 9. The lowest BCUT2D eigenvalue weighted by molar-refractivity contribution is -0.00879. The lowest BCUT2D eigenvalue weighted by atomic mass is 9.87. The van der Waals surface area contributed by atoms with Gasteiger partial charge < -0.3 is 48.2 Å². The third-order valence-electron chi connectivity index (χ3n) is 23.3. The monoisotopic (exact) mass is 1560 g/mol. The molecule has 0 amide bonds. The average molecular weight is 1570 g/mol. The molecular weight excluding hydrogens is 1480 g/mol. The molecule has 6 atom stereocenters. The van der Waals surface area contributed by atoms with E-state index in [1.54, 1.807) is 42.8 Å². The van der Waals surface area contributed by atoms with Crippen molar-refractivity contribution in [3.05, 3.63) is 182 Å². The summed E-state index contributed by atoms with van der Waals surface area (Å²) in [6, 6.07) is 33.9. The molecule has 15 aromatic rings. The number of hydrogen-bond donors (Lipinski definition) is 4. The molecule has 6 bridgehead atoms. The van der Waals surface area contributed by atoms with E-state index >= 15 is 0 Å². The van der Waals surface area contributed by atoms with Crippen molar-refractivity contribution in [1.29, 1.82) is 0 Å². The Morgan fingerprint density at radius 2 is 0.741 bits per heavy atom. The molecule has 24 heterocycles. The summed E-state index contributed by atoms with van der Waals surface area (Å²) in [5.74, 6) is 7.00. The fourth-order valence-corrected chi connectivity index (χ4v) is 17.4. The van der Waals surface area contributed by atoms with E-state index in [-0.39, 0.29) is 13.2 Å². The van der Waals surface area contributed by atoms with Crippen molar-refractivity contribution in [2.24, 2.45) is 0 Å². The maximum Gasteiger partial charge on any atom is 0.212 e. The number of aliphatic hydroxyl groups excluding tert-OH is 1. The molecule has 0 saturated carbocycles. The predicted molar refractivity (Wildman–Crippen MR) is 436 cm³/mol. The molecule has 594 valence electrons. The van der Waals surface area contributed by atoms with Gasteiger partial charge in [-0.25, -0.2) is 43.5 Å². The van der Waals surface area contributed by atoms with Crippen LogP contribution in [0.4, 0.5) is 21.8 Å². The van der Waals surface area contributed by atoms with Crippen molar-refractivity contribution in [2.75, 3.05) is 108 Å². The molecule has 9 saturated heterocycles. The van der Waals surface area contributed by atoms with Gasteiger partial charge in [0.1, 0.15) is 41.3 Å². The summed E-state index contributed by atoms with van der Waals surface area (Å²) in [6.45, 7) is 11.4. The number of nitrogens with one attached hydrogen (secondary N) is 3. The van der Waals surface area contributed by atoms with Crippen molar-refractivity contribution < 1.29 is 37.9 Å². The zero-order chi connectivity index (χ0) is 78.3. The Kier molecular flexibility index (Phi) is 20.3. The number of hydrogen-bond acceptors (Lipinski definition) is 25. The number of ether oxygens (including phenoxy) is 6. The molecular formula is C84H89FN24O7. The SMILES string of the molecule is CCCCOc1cc(-c2ccc(N3CC4CC(C3)N4Cc3ccc(OC)nc3)nc2)c2c3cn[nH]c3nn2c1.COc1ccc(CN2C3CC2CN(c2ccc(-c4cc(OCCCF)cn5nc6[nH]ncc6c45)cn2)C3)cn1.COc1ccc(CN2C3CC2CN(c2ccc(-c4cc(OCCO)cn5nc6[nH]ncc6c45)cn2)C3)cn1. The van der Waals surface area contributed by atoms with Gasteiger partial charge in [0.15, 0.2) is 16.9 Å². The quantitative estimate of drug-likeness (QED) is 0.0366. The molecule has 9 fully saturated rings. The maximum atomic E-state index is 12.6. The van der Waals surface area contributed by atoms with Crippen molar-refractivity contribution in [2.45, 2.75) is 101 Å². The maximum absolute atomic E-state index is 12.6. The molecule has 9 aliphatic heterocycles. The van der Waals surface area contributed by atoms with E-state index in [0.29, 0.717) is 96.3 Å². The number of unbranched alkanes of at least 4 members (excludes halogenated alkanes) is 1. The summed E-state index contributed by atoms with van der Waals surface area (Å²) in [7, 11) is 4.92. The topological polar surface area (TPSA) is 310 Å². The van der Waals surface area contributed by atoms with Crippen LogP contribution in [0.1, 0.15) is 62.1 Å². The van der Waals surface area contributed by atoms with Gasteiger partial charge in [-0.05, 0) is 97.0 Å². The molecule has 15 aromatic heterocycles. The molecule has 4 N–H and O–H groups in total. The minimum absolute atomic E-state index is 0.0559. The second-order valence-electron chi connectivity index (χ2n) is 30.4. The van der Waals surface area contributed by atoms with E-state index in [4.69, 9.17) is 43.4 Å². The summed E-state index contributed by atoms with van der Waals surface area (Å²) < 4.78 is 51.3. The zero-order valence-corrected chi connectivity index (χ0v) is 64.9. The van der Waals surface area contributed by atoms with E-state index < -0.39 is 6.67 Å². The number of halogens is 1. The van der Waals surface area contributed by atoms with Crippen molar-refractivity contribution >= 4 is 67.1 Å². The summed E-state index contributed by atoms with van der Waals surface area (Å²) >= 11 is 0. The molecule has 6 unspecified atom stereocenters. The highest BCUT2D eigenvalue weighted by molar-refractivity contribution is 6.03. The normalized spacial score (nSPS) is 19.0. The first-order chi connectivity index (χ1) is 57.1. The third kappa shape index (κ3) is 14.5. The molecule has 0 radical (unpaired) electrons. The molecule has 0 aliphatic carbocycles. The fourth-order valence-electron chi connectivity index (χ4n) is 17.4. The summed E-state index contributed by atoms with van der Waals surface area (Å²) in [6.07, 6.45) is 28.6. The Morgan fingerprint density at radius 3 is 1.03 bits per heavy atom. The Bertz CT molecular complexity index is 5640. The van der Waals surface area contributed by atoms with Gasteiger partial charge in [-0.15, -0.1) is 15.3 Å². The smallest absolute Gasteiger partial charge is 0.212 e. The van der Waals surface area contributed by atoms with Crippen LogP contribution in [0.3, 0.4) is 0 Å². The second-order valence-corrected chi connectivity index (χ2v) is 30.4. The van der Waals surface area contributed by atoms with Gasteiger partial charge in [0.2, 0.25) is 17.6 Å². The van der Waals surface area contributed by atoms with Gasteiger partial charge in [-0.1, -0.05) is 31.5 Å². The van der Waals surface area contributed by atoms with Crippen molar-refractivity contribution in [3.63, 3.8) is 0 Å². The Hall–Kier alpha value is -12.7. The lowest BCUT2D eigenvalue weighted by Gasteiger charge is -2.56. The van der Waals surface area contributed by atoms with Gasteiger partial charge in [0, 0.05) is 190 Å². The van der Waals surface area contributed by atoms with Crippen LogP contribution in [-0.2, 0) is 19.6 Å². The predicted octanol–water partition coefficient (Wildman–Crippen LogP) is 10.7. The van der Waals surface area contributed by atoms with Crippen LogP contribution in [0.5, 0.6) is 34.9 Å². The van der Waals surface area contributed by atoms with Crippen LogP contribution in [-0.4, -0.2) is 239 Å². The van der Waals surface area contributed by atoms with Crippen LogP contribution >= 0.6 is 0 Å². The highest BCUT2D eigenvalue weighted by atomic mass is 19.1. The van der Waals surface area contributed by atoms with Crippen LogP contribution in [0.15, 0.2) is 165 Å². The van der Waals surface area contributed by atoms with E-state index in [1.807, 2.05) is 96.8 Å². The van der Waals surface area contributed by atoms with Gasteiger partial charge in [0.25, 0.3) is 0 Å². The van der Waals surface area contributed by atoms with E-state index in [0.717, 1.165) is 167 Å². The molecule has 116 heavy (non-hydrogen) atoms. The number of aliphatic hydroxyl groups is 1. The van der Waals surface area contributed by atoms with Gasteiger partial charge in [0.05, 0.1) is 118 Å². The number of alkyl halides is 1. The van der Waals surface area contributed by atoms with Crippen molar-refractivity contribution in [1.82, 2.24) is 104 Å². The van der Waals surface area contributed by atoms with E-state index in [1.165, 1.54) is 36.0 Å². The minimum Gasteiger partial charge on any atom is -0.492 e. The first kappa shape index (κ1) is 73.5. The number of H-pyrrole nitrogens is 3. The lowest BCUT2D eigenvalue weighted by Crippen LogP contribution is -2.68. The molecule has 31 nitrogen and oxygen atoms in total. The van der Waals surface area contributed by atoms with E-state index in [9.17, 15) is 9.50 Å². The Labute approximate surface area is 665 Å². The summed E-state index contributed by atoms with van der Waals surface area (Å²) in [5.41, 5.74) is 14.5. The summed E-state index contributed by atoms with van der Waals surface area (Å²) in [4.78, 5) is 42.6. The molecule has 0 aromatic carbocycles. The highest BCUT2D eigenvalue weighted by Crippen LogP contribution is 2.42. The standard InChI is InChI=1S/C29H32N8O2.C28H29FN8O2.C27H28N8O3/c1-3-4-9-39-23-11-24(28-25-14-32-33-29(25)34-37(28)18-23)20-6-7-26(30-13-20)35-16-21-10-22(17-35)36(21)15-19-5-8-27(38-2)31-12-19;1-38-26-6-3-18(11-31-26)14-36-20-9-21(36)16-35(15-20)25-5-4-19(12-30-25)23-10-22(39-8-2-7-29)17-37-27(23)24-13-32-33-28(24)34-37;1-37-25-5-2-17(10-29-25)13-34-19-8-20(34)15-33(14-19)24-4-3-18(11-28-24)22-9-21(38-7-6-36)16-35-26(22)23-12-30-31-27(23)32-35/h5-8,11-14,18,21-22H,3-4,9-10,15-17H2,1-2H3,(H,33,34);3-6,10-13,17,20-21H,2,7-9,14-16H2,1H3,(H,33,34);2-5,9-12,16,19-20,36H,6-8,13-15H2,1H3,(H,31,32). The largest absolute Gasteiger partial charge is 0.492 e. The minimum atomic E-state index is -0.411. The first-order valence-electron chi connectivity index (χ1n) is 39.6. The van der Waals surface area contributed by atoms with Gasteiger partial charge >= 0.3 is 0 Å². The van der Waals surface area contributed by atoms with Crippen LogP contribution in [0.25, 0.3) is 83.0 Å². The number of piperazine rings is 3. The number of piperidine rings is 3. The fraction of sp³-hybridized carbons (Fsp3) is 0.357.